The molecule has 0 aliphatic carbocycles. The summed E-state index contributed by atoms with van der Waals surface area (Å²) in [6.45, 7) is 0. The lowest BCUT2D eigenvalue weighted by molar-refractivity contribution is -0.384. The number of non-ortho nitro benzene ring substituents is 1. The monoisotopic (exact) mass is 513 g/mol. The van der Waals surface area contributed by atoms with Gasteiger partial charge in [0.15, 0.2) is 5.13 Å². The molecule has 1 amide bonds. The van der Waals surface area contributed by atoms with Gasteiger partial charge in [0.25, 0.3) is 11.6 Å². The summed E-state index contributed by atoms with van der Waals surface area (Å²) in [7, 11) is 0. The van der Waals surface area contributed by atoms with E-state index in [0.29, 0.717) is 27.0 Å². The largest absolute Gasteiger partial charge is 0.298 e. The Hall–Kier alpha value is -3.07. The van der Waals surface area contributed by atoms with Crippen LogP contribution in [0.25, 0.3) is 21.7 Å². The third-order valence-corrected chi connectivity index (χ3v) is 6.16. The van der Waals surface area contributed by atoms with Gasteiger partial charge in [0.05, 0.1) is 15.5 Å². The zero-order valence-electron chi connectivity index (χ0n) is 15.7. The van der Waals surface area contributed by atoms with Crippen molar-refractivity contribution in [3.8, 4) is 21.7 Å². The number of nitrogens with zero attached hydrogens (tertiary/aromatic N) is 2. The zero-order chi connectivity index (χ0) is 22.0. The van der Waals surface area contributed by atoms with Crippen LogP contribution in [0, 0.1) is 10.1 Å². The molecule has 0 aliphatic heterocycles. The first-order valence-corrected chi connectivity index (χ1v) is 11.0. The number of rotatable bonds is 5. The molecule has 0 radical (unpaired) electrons. The highest BCUT2D eigenvalue weighted by atomic mass is 79.9. The van der Waals surface area contributed by atoms with Gasteiger partial charge in [-0.3, -0.25) is 20.2 Å². The van der Waals surface area contributed by atoms with Gasteiger partial charge < -0.3 is 0 Å². The fraction of sp³-hybridized carbons (Fsp3) is 0. The SMILES string of the molecule is O=C(Nc1nc(-c2ccc([N+](=O)[O-])cc2)c(-c2ccc(Cl)cc2)s1)c1cccc(Br)c1. The van der Waals surface area contributed by atoms with Crippen molar-refractivity contribution in [2.45, 2.75) is 0 Å². The highest BCUT2D eigenvalue weighted by Gasteiger charge is 2.18. The molecule has 4 aromatic rings. The Balaban J connectivity index is 1.74. The van der Waals surface area contributed by atoms with E-state index in [1.165, 1.54) is 23.5 Å². The maximum atomic E-state index is 12.7. The maximum Gasteiger partial charge on any atom is 0.269 e. The van der Waals surface area contributed by atoms with E-state index >= 15 is 0 Å². The van der Waals surface area contributed by atoms with Gasteiger partial charge in [0, 0.05) is 32.8 Å². The number of benzene rings is 3. The normalized spacial score (nSPS) is 10.6. The Bertz CT molecular complexity index is 1270. The lowest BCUT2D eigenvalue weighted by atomic mass is 10.1. The van der Waals surface area contributed by atoms with Crippen LogP contribution in [0.4, 0.5) is 10.8 Å². The molecular weight excluding hydrogens is 502 g/mol. The van der Waals surface area contributed by atoms with E-state index in [2.05, 4.69) is 26.2 Å². The summed E-state index contributed by atoms with van der Waals surface area (Å²) in [6, 6.07) is 20.5. The number of nitro groups is 1. The molecule has 3 aromatic carbocycles. The predicted molar refractivity (Wildman–Crippen MR) is 127 cm³/mol. The Labute approximate surface area is 194 Å². The minimum Gasteiger partial charge on any atom is -0.298 e. The van der Waals surface area contributed by atoms with E-state index in [1.807, 2.05) is 18.2 Å². The number of nitrogens with one attached hydrogen (secondary N) is 1. The standard InChI is InChI=1S/C22H13BrClN3O3S/c23-16-3-1-2-15(12-16)21(28)26-22-25-19(13-6-10-18(11-7-13)27(29)30)20(31-22)14-4-8-17(24)9-5-14/h1-12H,(H,25,26,28). The lowest BCUT2D eigenvalue weighted by Crippen LogP contribution is -2.11. The molecule has 0 fully saturated rings. The van der Waals surface area contributed by atoms with Crippen LogP contribution < -0.4 is 5.32 Å². The molecule has 154 valence electrons. The van der Waals surface area contributed by atoms with Gasteiger partial charge in [0.2, 0.25) is 0 Å². The summed E-state index contributed by atoms with van der Waals surface area (Å²) in [4.78, 5) is 28.6. The van der Waals surface area contributed by atoms with Crippen molar-refractivity contribution in [1.82, 2.24) is 4.98 Å². The van der Waals surface area contributed by atoms with Crippen molar-refractivity contribution >= 4 is 55.6 Å². The van der Waals surface area contributed by atoms with Gasteiger partial charge in [-0.15, -0.1) is 0 Å². The summed E-state index contributed by atoms with van der Waals surface area (Å²) in [5, 5.41) is 14.8. The Kier molecular flexibility index (Phi) is 6.13. The highest BCUT2D eigenvalue weighted by Crippen LogP contribution is 2.40. The molecule has 1 aromatic heterocycles. The van der Waals surface area contributed by atoms with Gasteiger partial charge in [0.1, 0.15) is 0 Å². The van der Waals surface area contributed by atoms with Crippen LogP contribution in [0.3, 0.4) is 0 Å². The Morgan fingerprint density at radius 3 is 2.35 bits per heavy atom. The van der Waals surface area contributed by atoms with Crippen LogP contribution in [0.5, 0.6) is 0 Å². The molecule has 0 atom stereocenters. The van der Waals surface area contributed by atoms with Crippen molar-refractivity contribution < 1.29 is 9.72 Å². The molecule has 0 saturated carbocycles. The maximum absolute atomic E-state index is 12.7. The number of carbonyl (C=O) groups excluding carboxylic acids is 1. The van der Waals surface area contributed by atoms with Crippen LogP contribution in [0.2, 0.25) is 5.02 Å². The minimum atomic E-state index is -0.450. The van der Waals surface area contributed by atoms with Gasteiger partial charge in [-0.2, -0.15) is 0 Å². The Morgan fingerprint density at radius 1 is 1.03 bits per heavy atom. The summed E-state index contributed by atoms with van der Waals surface area (Å²) in [5.41, 5.74) is 2.68. The van der Waals surface area contributed by atoms with Crippen molar-refractivity contribution in [2.75, 3.05) is 5.32 Å². The topological polar surface area (TPSA) is 85.1 Å². The average molecular weight is 515 g/mol. The molecule has 0 bridgehead atoms. The van der Waals surface area contributed by atoms with Gasteiger partial charge >= 0.3 is 0 Å². The van der Waals surface area contributed by atoms with E-state index < -0.39 is 4.92 Å². The molecule has 0 unspecified atom stereocenters. The number of halogens is 2. The summed E-state index contributed by atoms with van der Waals surface area (Å²) >= 11 is 10.7. The molecular formula is C22H13BrClN3O3S. The molecule has 6 nitrogen and oxygen atoms in total. The second-order valence-corrected chi connectivity index (χ2v) is 8.82. The number of nitro benzene ring substituents is 1. The van der Waals surface area contributed by atoms with Gasteiger partial charge in [-0.1, -0.05) is 57.1 Å². The number of aromatic nitrogens is 1. The summed E-state index contributed by atoms with van der Waals surface area (Å²) in [5.74, 6) is -0.284. The van der Waals surface area contributed by atoms with Crippen molar-refractivity contribution in [1.29, 1.82) is 0 Å². The molecule has 0 aliphatic rings. The summed E-state index contributed by atoms with van der Waals surface area (Å²) in [6.07, 6.45) is 0. The fourth-order valence-electron chi connectivity index (χ4n) is 2.91. The van der Waals surface area contributed by atoms with Crippen LogP contribution in [0.15, 0.2) is 77.3 Å². The van der Waals surface area contributed by atoms with Crippen molar-refractivity contribution in [3.05, 3.63) is 98.0 Å². The van der Waals surface area contributed by atoms with Crippen LogP contribution in [0.1, 0.15) is 10.4 Å². The molecule has 0 spiro atoms. The second-order valence-electron chi connectivity index (χ2n) is 6.47. The number of anilines is 1. The minimum absolute atomic E-state index is 0.00444. The molecule has 31 heavy (non-hydrogen) atoms. The van der Waals surface area contributed by atoms with Gasteiger partial charge in [-0.05, 0) is 48.0 Å². The molecule has 9 heteroatoms. The van der Waals surface area contributed by atoms with Gasteiger partial charge in [-0.25, -0.2) is 4.98 Å². The van der Waals surface area contributed by atoms with Crippen LogP contribution in [-0.2, 0) is 0 Å². The highest BCUT2D eigenvalue weighted by molar-refractivity contribution is 9.10. The van der Waals surface area contributed by atoms with Crippen LogP contribution in [-0.4, -0.2) is 15.8 Å². The average Bonchev–Trinajstić information content (AvgIpc) is 3.18. The number of thiazole rings is 1. The van der Waals surface area contributed by atoms with Crippen molar-refractivity contribution in [3.63, 3.8) is 0 Å². The molecule has 1 heterocycles. The zero-order valence-corrected chi connectivity index (χ0v) is 18.9. The van der Waals surface area contributed by atoms with Crippen LogP contribution >= 0.6 is 38.9 Å². The van der Waals surface area contributed by atoms with E-state index in [0.717, 1.165) is 14.9 Å². The van der Waals surface area contributed by atoms with Crippen molar-refractivity contribution in [2.24, 2.45) is 0 Å². The van der Waals surface area contributed by atoms with E-state index in [4.69, 9.17) is 11.6 Å². The first kappa shape index (κ1) is 21.2. The Morgan fingerprint density at radius 2 is 1.71 bits per heavy atom. The second kappa shape index (κ2) is 8.97. The first-order valence-electron chi connectivity index (χ1n) is 8.99. The number of hydrogen-bond donors (Lipinski definition) is 1. The number of amides is 1. The fourth-order valence-corrected chi connectivity index (χ4v) is 4.42. The third kappa shape index (κ3) is 4.82. The smallest absolute Gasteiger partial charge is 0.269 e. The number of carbonyl (C=O) groups is 1. The molecule has 0 saturated heterocycles. The number of hydrogen-bond acceptors (Lipinski definition) is 5. The summed E-state index contributed by atoms with van der Waals surface area (Å²) < 4.78 is 0.799. The molecule has 1 N–H and O–H groups in total. The quantitative estimate of drug-likeness (QED) is 0.228. The first-order chi connectivity index (χ1) is 14.9. The third-order valence-electron chi connectivity index (χ3n) is 4.39. The lowest BCUT2D eigenvalue weighted by Gasteiger charge is -2.03. The molecule has 4 rings (SSSR count). The van der Waals surface area contributed by atoms with E-state index in [-0.39, 0.29) is 11.6 Å². The van der Waals surface area contributed by atoms with E-state index in [1.54, 1.807) is 42.5 Å². The van der Waals surface area contributed by atoms with E-state index in [9.17, 15) is 14.9 Å². The predicted octanol–water partition coefficient (Wildman–Crippen LogP) is 7.05.